The lowest BCUT2D eigenvalue weighted by Crippen LogP contribution is -2.51. The number of hydrogen-bond donors (Lipinski definition) is 1. The Hall–Kier alpha value is -2.90. The number of nitrogens with one attached hydrogen (secondary N) is 1. The van der Waals surface area contributed by atoms with Crippen molar-refractivity contribution in [1.29, 1.82) is 0 Å². The van der Waals surface area contributed by atoms with Crippen LogP contribution in [-0.4, -0.2) is 52.2 Å². The van der Waals surface area contributed by atoms with Crippen molar-refractivity contribution in [2.75, 3.05) is 13.1 Å². The molecule has 8 heteroatoms. The van der Waals surface area contributed by atoms with E-state index in [1.54, 1.807) is 28.0 Å². The summed E-state index contributed by atoms with van der Waals surface area (Å²) in [5.41, 5.74) is 0.628. The summed E-state index contributed by atoms with van der Waals surface area (Å²) in [4.78, 5) is 52.9. The summed E-state index contributed by atoms with van der Waals surface area (Å²) in [5.74, 6) is -1.03. The molecule has 4 amide bonds. The van der Waals surface area contributed by atoms with Crippen LogP contribution in [0.5, 0.6) is 5.75 Å². The van der Waals surface area contributed by atoms with Crippen molar-refractivity contribution in [1.82, 2.24) is 15.1 Å². The van der Waals surface area contributed by atoms with Gasteiger partial charge in [-0.05, 0) is 57.4 Å². The van der Waals surface area contributed by atoms with Crippen LogP contribution in [0.15, 0.2) is 18.2 Å². The minimum Gasteiger partial charge on any atom is -0.410 e. The molecule has 1 aromatic carbocycles. The van der Waals surface area contributed by atoms with E-state index in [1.807, 2.05) is 20.8 Å². The quantitative estimate of drug-likeness (QED) is 0.770. The number of ether oxygens (including phenoxy) is 1. The summed E-state index contributed by atoms with van der Waals surface area (Å²) in [7, 11) is 0. The second kappa shape index (κ2) is 6.86. The van der Waals surface area contributed by atoms with Crippen molar-refractivity contribution in [3.8, 4) is 5.75 Å². The second-order valence-corrected chi connectivity index (χ2v) is 8.81. The zero-order chi connectivity index (χ0) is 20.9. The third-order valence-corrected chi connectivity index (χ3v) is 5.77. The molecule has 3 aliphatic heterocycles. The minimum absolute atomic E-state index is 0.164. The lowest BCUT2D eigenvalue weighted by molar-refractivity contribution is -0.138. The Morgan fingerprint density at radius 1 is 1.17 bits per heavy atom. The summed E-state index contributed by atoms with van der Waals surface area (Å²) in [5, 5.41) is 2.39. The Labute approximate surface area is 169 Å². The minimum atomic E-state index is -0.543. The first-order valence-corrected chi connectivity index (χ1v) is 9.95. The highest BCUT2D eigenvalue weighted by molar-refractivity contribution is 6.03. The Kier molecular flexibility index (Phi) is 4.59. The number of amides is 4. The van der Waals surface area contributed by atoms with Gasteiger partial charge in [0.15, 0.2) is 0 Å². The Morgan fingerprint density at radius 2 is 1.90 bits per heavy atom. The van der Waals surface area contributed by atoms with Gasteiger partial charge in [-0.1, -0.05) is 0 Å². The highest BCUT2D eigenvalue weighted by Gasteiger charge is 2.49. The van der Waals surface area contributed by atoms with Crippen LogP contribution in [0.3, 0.4) is 0 Å². The van der Waals surface area contributed by atoms with E-state index in [0.717, 1.165) is 6.42 Å². The molecule has 8 nitrogen and oxygen atoms in total. The predicted molar refractivity (Wildman–Crippen MR) is 103 cm³/mol. The zero-order valence-corrected chi connectivity index (χ0v) is 16.9. The summed E-state index contributed by atoms with van der Waals surface area (Å²) in [6.07, 6.45) is 1.15. The van der Waals surface area contributed by atoms with E-state index in [1.165, 1.54) is 0 Å². The molecule has 0 aliphatic carbocycles. The fraction of sp³-hybridized carbons (Fsp3) is 0.524. The normalized spacial score (nSPS) is 24.2. The van der Waals surface area contributed by atoms with Crippen molar-refractivity contribution in [2.24, 2.45) is 5.92 Å². The van der Waals surface area contributed by atoms with Gasteiger partial charge < -0.3 is 14.5 Å². The number of hydrogen-bond acceptors (Lipinski definition) is 5. The third kappa shape index (κ3) is 3.36. The summed E-state index contributed by atoms with van der Waals surface area (Å²) in [6.45, 7) is 7.11. The van der Waals surface area contributed by atoms with E-state index in [-0.39, 0.29) is 24.1 Å². The number of piperidine rings is 1. The van der Waals surface area contributed by atoms with Crippen LogP contribution < -0.4 is 10.1 Å². The Morgan fingerprint density at radius 3 is 2.48 bits per heavy atom. The van der Waals surface area contributed by atoms with Gasteiger partial charge in [-0.3, -0.25) is 19.7 Å². The van der Waals surface area contributed by atoms with Gasteiger partial charge in [-0.2, -0.15) is 0 Å². The van der Waals surface area contributed by atoms with Crippen LogP contribution in [0, 0.1) is 5.92 Å². The van der Waals surface area contributed by atoms with Gasteiger partial charge in [0.1, 0.15) is 5.75 Å². The van der Waals surface area contributed by atoms with E-state index in [0.29, 0.717) is 36.4 Å². The lowest BCUT2D eigenvalue weighted by atomic mass is 9.84. The zero-order valence-electron chi connectivity index (χ0n) is 16.9. The molecule has 29 heavy (non-hydrogen) atoms. The number of carbonyl (C=O) groups excluding carboxylic acids is 4. The molecule has 2 saturated heterocycles. The maximum absolute atomic E-state index is 13.2. The topological polar surface area (TPSA) is 96.0 Å². The molecule has 1 aromatic rings. The second-order valence-electron chi connectivity index (χ2n) is 8.81. The molecule has 4 rings (SSSR count). The Bertz CT molecular complexity index is 900. The van der Waals surface area contributed by atoms with Gasteiger partial charge in [0.05, 0.1) is 12.0 Å². The van der Waals surface area contributed by atoms with Gasteiger partial charge in [0.25, 0.3) is 5.91 Å². The van der Waals surface area contributed by atoms with E-state index >= 15 is 0 Å². The standard InChI is InChI=1S/C21H25N3O5/c1-21(2,3)24-17(14-7-8-16(25)22-18(14)26)15-11-12(5-6-13(15)19(24)27)29-20(28)23-9-4-10-23/h5-6,11,14,17H,4,7-10H2,1-3H3,(H,22,25,26). The molecule has 0 spiro atoms. The predicted octanol–water partition coefficient (Wildman–Crippen LogP) is 2.24. The Balaban J connectivity index is 1.71. The average molecular weight is 399 g/mol. The van der Waals surface area contributed by atoms with E-state index in [4.69, 9.17) is 4.74 Å². The molecule has 3 heterocycles. The van der Waals surface area contributed by atoms with Gasteiger partial charge in [0, 0.05) is 30.6 Å². The van der Waals surface area contributed by atoms with Crippen LogP contribution >= 0.6 is 0 Å². The molecule has 1 N–H and O–H groups in total. The maximum Gasteiger partial charge on any atom is 0.415 e. The van der Waals surface area contributed by atoms with E-state index in [2.05, 4.69) is 5.32 Å². The van der Waals surface area contributed by atoms with Gasteiger partial charge >= 0.3 is 6.09 Å². The lowest BCUT2D eigenvalue weighted by Gasteiger charge is -2.41. The monoisotopic (exact) mass is 399 g/mol. The molecule has 154 valence electrons. The molecule has 3 aliphatic rings. The highest BCUT2D eigenvalue weighted by Crippen LogP contribution is 2.46. The van der Waals surface area contributed by atoms with Crippen molar-refractivity contribution >= 4 is 23.8 Å². The first-order valence-electron chi connectivity index (χ1n) is 9.95. The smallest absolute Gasteiger partial charge is 0.410 e. The van der Waals surface area contributed by atoms with E-state index in [9.17, 15) is 19.2 Å². The van der Waals surface area contributed by atoms with Crippen molar-refractivity contribution in [2.45, 2.75) is 51.6 Å². The first-order chi connectivity index (χ1) is 13.7. The average Bonchev–Trinajstić information content (AvgIpc) is 2.85. The molecule has 2 fully saturated rings. The largest absolute Gasteiger partial charge is 0.415 e. The van der Waals surface area contributed by atoms with Gasteiger partial charge in [-0.25, -0.2) is 4.79 Å². The fourth-order valence-corrected chi connectivity index (χ4v) is 4.23. The molecular weight excluding hydrogens is 374 g/mol. The molecule has 0 aromatic heterocycles. The number of rotatable bonds is 2. The van der Waals surface area contributed by atoms with Crippen molar-refractivity contribution in [3.05, 3.63) is 29.3 Å². The molecule has 2 atom stereocenters. The first kappa shape index (κ1) is 19.4. The number of nitrogens with zero attached hydrogens (tertiary/aromatic N) is 2. The van der Waals surface area contributed by atoms with Crippen LogP contribution in [0.2, 0.25) is 0 Å². The molecule has 0 bridgehead atoms. The number of benzene rings is 1. The summed E-state index contributed by atoms with van der Waals surface area (Å²) in [6, 6.07) is 4.43. The number of fused-ring (bicyclic) bond motifs is 1. The molecule has 2 unspecified atom stereocenters. The maximum atomic E-state index is 13.2. The van der Waals surface area contributed by atoms with Crippen molar-refractivity contribution < 1.29 is 23.9 Å². The molecule has 0 radical (unpaired) electrons. The fourth-order valence-electron chi connectivity index (χ4n) is 4.23. The SMILES string of the molecule is CC(C)(C)N1C(=O)c2ccc(OC(=O)N3CCC3)cc2C1C1CCC(=O)NC1=O. The van der Waals surface area contributed by atoms with Crippen LogP contribution in [0.1, 0.15) is 62.0 Å². The van der Waals surface area contributed by atoms with Crippen LogP contribution in [0.25, 0.3) is 0 Å². The number of likely N-dealkylation sites (tertiary alicyclic amines) is 1. The number of imide groups is 1. The molecule has 0 saturated carbocycles. The third-order valence-electron chi connectivity index (χ3n) is 5.77. The van der Waals surface area contributed by atoms with Gasteiger partial charge in [-0.15, -0.1) is 0 Å². The summed E-state index contributed by atoms with van der Waals surface area (Å²) < 4.78 is 5.48. The van der Waals surface area contributed by atoms with E-state index < -0.39 is 23.6 Å². The van der Waals surface area contributed by atoms with Crippen LogP contribution in [-0.2, 0) is 9.59 Å². The highest BCUT2D eigenvalue weighted by atomic mass is 16.6. The summed E-state index contributed by atoms with van der Waals surface area (Å²) >= 11 is 0. The molecular formula is C21H25N3O5. The van der Waals surface area contributed by atoms with Crippen LogP contribution in [0.4, 0.5) is 4.79 Å². The van der Waals surface area contributed by atoms with Gasteiger partial charge in [0.2, 0.25) is 11.8 Å². The van der Waals surface area contributed by atoms with Crippen molar-refractivity contribution in [3.63, 3.8) is 0 Å². The number of carbonyl (C=O) groups is 4.